The zero-order chi connectivity index (χ0) is 20.5. The number of ether oxygens (including phenoxy) is 3. The van der Waals surface area contributed by atoms with Crippen molar-refractivity contribution in [2.24, 2.45) is 5.73 Å². The number of benzene rings is 2. The number of pyridine rings is 1. The van der Waals surface area contributed by atoms with E-state index in [4.69, 9.17) is 19.9 Å². The molecule has 0 amide bonds. The Balaban J connectivity index is 2.04. The summed E-state index contributed by atoms with van der Waals surface area (Å²) in [6.07, 6.45) is 0. The third-order valence-electron chi connectivity index (χ3n) is 4.89. The molecule has 4 rings (SSSR count). The molecular formula is C22H20N2O5. The van der Waals surface area contributed by atoms with E-state index in [-0.39, 0.29) is 23.6 Å². The smallest absolute Gasteiger partial charge is 0.340 e. The maximum Gasteiger partial charge on any atom is 0.340 e. The van der Waals surface area contributed by atoms with E-state index in [1.807, 2.05) is 30.3 Å². The minimum atomic E-state index is -0.724. The summed E-state index contributed by atoms with van der Waals surface area (Å²) < 4.78 is 16.3. The number of carbonyl (C=O) groups is 1. The zero-order valence-electron chi connectivity index (χ0n) is 16.0. The fourth-order valence-corrected chi connectivity index (χ4v) is 3.61. The number of esters is 1. The van der Waals surface area contributed by atoms with Gasteiger partial charge in [-0.3, -0.25) is 4.79 Å². The van der Waals surface area contributed by atoms with E-state index in [1.54, 1.807) is 32.2 Å². The lowest BCUT2D eigenvalue weighted by Crippen LogP contribution is -2.32. The minimum Gasteiger partial charge on any atom is -0.497 e. The molecule has 0 saturated heterocycles. The minimum absolute atomic E-state index is 0.0838. The Morgan fingerprint density at radius 2 is 1.97 bits per heavy atom. The van der Waals surface area contributed by atoms with Crippen LogP contribution >= 0.6 is 0 Å². The Hall–Kier alpha value is -3.74. The van der Waals surface area contributed by atoms with Crippen molar-refractivity contribution in [1.29, 1.82) is 0 Å². The SMILES string of the molecule is CCOC(=O)C1=C(N)Oc2c(c(=O)[nH]c3ccc(OC)cc23)[C@@H]1c1ccccc1. The molecule has 3 N–H and O–H groups in total. The lowest BCUT2D eigenvalue weighted by molar-refractivity contribution is -0.139. The highest BCUT2D eigenvalue weighted by molar-refractivity contribution is 5.95. The molecule has 1 atom stereocenters. The molecule has 1 aliphatic heterocycles. The summed E-state index contributed by atoms with van der Waals surface area (Å²) in [6, 6.07) is 14.4. The van der Waals surface area contributed by atoms with Crippen LogP contribution in [0.4, 0.5) is 0 Å². The van der Waals surface area contributed by atoms with Crippen LogP contribution in [0.2, 0.25) is 0 Å². The number of H-pyrrole nitrogens is 1. The molecule has 0 unspecified atom stereocenters. The number of hydrogen-bond acceptors (Lipinski definition) is 6. The van der Waals surface area contributed by atoms with Gasteiger partial charge in [-0.1, -0.05) is 30.3 Å². The van der Waals surface area contributed by atoms with Crippen LogP contribution in [0.25, 0.3) is 10.9 Å². The van der Waals surface area contributed by atoms with Crippen LogP contribution in [0.3, 0.4) is 0 Å². The second-order valence-corrected chi connectivity index (χ2v) is 6.55. The van der Waals surface area contributed by atoms with Crippen molar-refractivity contribution in [1.82, 2.24) is 4.98 Å². The van der Waals surface area contributed by atoms with Crippen LogP contribution in [0.5, 0.6) is 11.5 Å². The number of rotatable bonds is 4. The molecule has 7 nitrogen and oxygen atoms in total. The van der Waals surface area contributed by atoms with Gasteiger partial charge in [-0.2, -0.15) is 0 Å². The fraction of sp³-hybridized carbons (Fsp3) is 0.182. The quantitative estimate of drug-likeness (QED) is 0.662. The van der Waals surface area contributed by atoms with Crippen LogP contribution in [0, 0.1) is 0 Å². The van der Waals surface area contributed by atoms with Crippen LogP contribution in [-0.2, 0) is 9.53 Å². The Kier molecular flexibility index (Phi) is 4.72. The zero-order valence-corrected chi connectivity index (χ0v) is 16.0. The topological polar surface area (TPSA) is 104 Å². The van der Waals surface area contributed by atoms with Gasteiger partial charge >= 0.3 is 5.97 Å². The fourth-order valence-electron chi connectivity index (χ4n) is 3.61. The normalized spacial score (nSPS) is 15.6. The highest BCUT2D eigenvalue weighted by Crippen LogP contribution is 2.44. The third-order valence-corrected chi connectivity index (χ3v) is 4.89. The average molecular weight is 392 g/mol. The number of nitrogens with two attached hydrogens (primary N) is 1. The second-order valence-electron chi connectivity index (χ2n) is 6.55. The van der Waals surface area contributed by atoms with Crippen molar-refractivity contribution in [3.63, 3.8) is 0 Å². The molecule has 0 spiro atoms. The summed E-state index contributed by atoms with van der Waals surface area (Å²) in [5.41, 5.74) is 7.54. The molecule has 0 saturated carbocycles. The maximum absolute atomic E-state index is 13.1. The molecule has 2 heterocycles. The molecule has 0 fully saturated rings. The first-order valence-corrected chi connectivity index (χ1v) is 9.18. The van der Waals surface area contributed by atoms with Gasteiger partial charge in [0.1, 0.15) is 17.1 Å². The largest absolute Gasteiger partial charge is 0.497 e. The number of hydrogen-bond donors (Lipinski definition) is 2. The lowest BCUT2D eigenvalue weighted by Gasteiger charge is -2.28. The molecule has 1 aliphatic rings. The van der Waals surface area contributed by atoms with Gasteiger partial charge in [-0.15, -0.1) is 0 Å². The summed E-state index contributed by atoms with van der Waals surface area (Å²) in [7, 11) is 1.56. The molecule has 2 aromatic carbocycles. The highest BCUT2D eigenvalue weighted by Gasteiger charge is 2.38. The average Bonchev–Trinajstić information content (AvgIpc) is 2.73. The number of aromatic amines is 1. The van der Waals surface area contributed by atoms with Gasteiger partial charge in [0.25, 0.3) is 5.56 Å². The number of methoxy groups -OCH3 is 1. The van der Waals surface area contributed by atoms with Crippen molar-refractivity contribution in [2.75, 3.05) is 13.7 Å². The summed E-state index contributed by atoms with van der Waals surface area (Å²) in [5.74, 6) is -0.514. The number of aromatic nitrogens is 1. The molecular weight excluding hydrogens is 372 g/mol. The molecule has 29 heavy (non-hydrogen) atoms. The molecule has 3 aromatic rings. The van der Waals surface area contributed by atoms with Crippen LogP contribution in [-0.4, -0.2) is 24.7 Å². The molecule has 0 bridgehead atoms. The predicted octanol–water partition coefficient (Wildman–Crippen LogP) is 2.79. The van der Waals surface area contributed by atoms with E-state index in [0.29, 0.717) is 28.0 Å². The van der Waals surface area contributed by atoms with Gasteiger partial charge in [0, 0.05) is 5.39 Å². The summed E-state index contributed by atoms with van der Waals surface area (Å²) in [4.78, 5) is 28.6. The number of fused-ring (bicyclic) bond motifs is 3. The third kappa shape index (κ3) is 3.10. The first-order valence-electron chi connectivity index (χ1n) is 9.18. The predicted molar refractivity (Wildman–Crippen MR) is 108 cm³/mol. The summed E-state index contributed by atoms with van der Waals surface area (Å²) in [6.45, 7) is 1.88. The van der Waals surface area contributed by atoms with Gasteiger partial charge in [-0.25, -0.2) is 4.79 Å². The van der Waals surface area contributed by atoms with Gasteiger partial charge in [0.15, 0.2) is 0 Å². The first kappa shape index (κ1) is 18.6. The monoisotopic (exact) mass is 392 g/mol. The van der Waals surface area contributed by atoms with Gasteiger partial charge in [0.05, 0.1) is 30.7 Å². The van der Waals surface area contributed by atoms with Gasteiger partial charge in [0.2, 0.25) is 5.88 Å². The van der Waals surface area contributed by atoms with Gasteiger partial charge < -0.3 is 24.9 Å². The molecule has 0 aliphatic carbocycles. The van der Waals surface area contributed by atoms with Crippen LogP contribution in [0.1, 0.15) is 24.0 Å². The van der Waals surface area contributed by atoms with Crippen molar-refractivity contribution >= 4 is 16.9 Å². The highest BCUT2D eigenvalue weighted by atomic mass is 16.5. The Labute approximate surface area is 166 Å². The van der Waals surface area contributed by atoms with Crippen molar-refractivity contribution in [2.45, 2.75) is 12.8 Å². The number of nitrogens with one attached hydrogen (secondary N) is 1. The van der Waals surface area contributed by atoms with Crippen molar-refractivity contribution in [3.05, 3.63) is 81.5 Å². The van der Waals surface area contributed by atoms with Crippen molar-refractivity contribution in [3.8, 4) is 11.5 Å². The lowest BCUT2D eigenvalue weighted by atomic mass is 9.83. The Morgan fingerprint density at radius 3 is 2.66 bits per heavy atom. The van der Waals surface area contributed by atoms with E-state index >= 15 is 0 Å². The van der Waals surface area contributed by atoms with E-state index < -0.39 is 11.9 Å². The van der Waals surface area contributed by atoms with Crippen LogP contribution in [0.15, 0.2) is 64.8 Å². The Bertz CT molecular complexity index is 1180. The van der Waals surface area contributed by atoms with E-state index in [2.05, 4.69) is 4.98 Å². The molecule has 1 aromatic heterocycles. The van der Waals surface area contributed by atoms with Gasteiger partial charge in [-0.05, 0) is 30.7 Å². The standard InChI is InChI=1S/C22H20N2O5/c1-3-28-22(26)18-16(12-7-5-4-6-8-12)17-19(29-20(18)23)14-11-13(27-2)9-10-15(14)24-21(17)25/h4-11,16H,3,23H2,1-2H3,(H,24,25)/t16-/m0/s1. The van der Waals surface area contributed by atoms with E-state index in [9.17, 15) is 9.59 Å². The van der Waals surface area contributed by atoms with Crippen LogP contribution < -0.4 is 20.8 Å². The first-order chi connectivity index (χ1) is 14.0. The number of carbonyl (C=O) groups excluding carboxylic acids is 1. The summed E-state index contributed by atoms with van der Waals surface area (Å²) >= 11 is 0. The maximum atomic E-state index is 13.1. The summed E-state index contributed by atoms with van der Waals surface area (Å²) in [5, 5.41) is 0.630. The molecule has 7 heteroatoms. The van der Waals surface area contributed by atoms with E-state index in [1.165, 1.54) is 0 Å². The Morgan fingerprint density at radius 1 is 1.21 bits per heavy atom. The molecule has 148 valence electrons. The second kappa shape index (κ2) is 7.35. The van der Waals surface area contributed by atoms with E-state index in [0.717, 1.165) is 5.56 Å². The van der Waals surface area contributed by atoms with Crippen molar-refractivity contribution < 1.29 is 19.0 Å². The molecule has 0 radical (unpaired) electrons.